The zero-order valence-corrected chi connectivity index (χ0v) is 14.8. The van der Waals surface area contributed by atoms with Gasteiger partial charge in [-0.25, -0.2) is 8.78 Å². The van der Waals surface area contributed by atoms with Crippen LogP contribution in [0.3, 0.4) is 0 Å². The summed E-state index contributed by atoms with van der Waals surface area (Å²) in [5.41, 5.74) is 0.578. The molecule has 26 heavy (non-hydrogen) atoms. The molecule has 6 heteroatoms. The van der Waals surface area contributed by atoms with Gasteiger partial charge in [0, 0.05) is 23.7 Å². The van der Waals surface area contributed by atoms with Crippen molar-refractivity contribution in [2.75, 3.05) is 13.7 Å². The van der Waals surface area contributed by atoms with E-state index in [1.54, 1.807) is 12.1 Å². The first-order valence-corrected chi connectivity index (χ1v) is 8.67. The molecule has 2 atom stereocenters. The Morgan fingerprint density at radius 2 is 2.00 bits per heavy atom. The number of ether oxygens (including phenoxy) is 1. The number of halogens is 2. The van der Waals surface area contributed by atoms with E-state index in [0.29, 0.717) is 11.3 Å². The second-order valence-electron chi connectivity index (χ2n) is 6.51. The van der Waals surface area contributed by atoms with Gasteiger partial charge in [-0.3, -0.25) is 4.79 Å². The van der Waals surface area contributed by atoms with E-state index in [1.807, 2.05) is 6.92 Å². The first-order chi connectivity index (χ1) is 12.5. The third kappa shape index (κ3) is 3.85. The number of carbonyl (C=O) groups is 1. The van der Waals surface area contributed by atoms with Crippen LogP contribution in [0.2, 0.25) is 0 Å². The minimum Gasteiger partial charge on any atom is -0.497 e. The Labute approximate surface area is 151 Å². The fraction of sp³-hybridized carbons (Fsp3) is 0.350. The molecule has 1 aliphatic heterocycles. The molecule has 2 aromatic carbocycles. The van der Waals surface area contributed by atoms with Crippen molar-refractivity contribution in [3.05, 3.63) is 53.6 Å². The maximum Gasteiger partial charge on any atom is 0.254 e. The molecular weight excluding hydrogens is 338 g/mol. The predicted molar refractivity (Wildman–Crippen MR) is 96.3 cm³/mol. The van der Waals surface area contributed by atoms with E-state index >= 15 is 0 Å². The molecule has 0 aromatic heterocycles. The van der Waals surface area contributed by atoms with Crippen molar-refractivity contribution in [2.45, 2.75) is 31.8 Å². The van der Waals surface area contributed by atoms with Crippen LogP contribution < -0.4 is 15.4 Å². The maximum atomic E-state index is 14.5. The molecule has 0 aliphatic carbocycles. The van der Waals surface area contributed by atoms with Crippen molar-refractivity contribution >= 4 is 5.91 Å². The summed E-state index contributed by atoms with van der Waals surface area (Å²) in [6.07, 6.45) is 1.82. The summed E-state index contributed by atoms with van der Waals surface area (Å²) in [6, 6.07) is 8.61. The van der Waals surface area contributed by atoms with Crippen LogP contribution in [0.25, 0.3) is 11.1 Å². The molecular formula is C20H22F2N2O2. The molecule has 2 N–H and O–H groups in total. The Morgan fingerprint density at radius 3 is 2.65 bits per heavy atom. The van der Waals surface area contributed by atoms with Crippen LogP contribution in [0.5, 0.6) is 5.75 Å². The average Bonchev–Trinajstić information content (AvgIpc) is 2.63. The van der Waals surface area contributed by atoms with Crippen molar-refractivity contribution in [2.24, 2.45) is 0 Å². The zero-order valence-electron chi connectivity index (χ0n) is 14.8. The summed E-state index contributed by atoms with van der Waals surface area (Å²) in [5, 5.41) is 6.17. The van der Waals surface area contributed by atoms with E-state index in [-0.39, 0.29) is 23.2 Å². The van der Waals surface area contributed by atoms with Crippen LogP contribution in [0.1, 0.15) is 30.1 Å². The summed E-state index contributed by atoms with van der Waals surface area (Å²) in [5.74, 6) is -1.25. The predicted octanol–water partition coefficient (Wildman–Crippen LogP) is 3.51. The molecule has 1 saturated heterocycles. The van der Waals surface area contributed by atoms with Crippen LogP contribution in [-0.2, 0) is 0 Å². The molecule has 1 fully saturated rings. The van der Waals surface area contributed by atoms with Crippen molar-refractivity contribution in [3.63, 3.8) is 0 Å². The topological polar surface area (TPSA) is 50.4 Å². The van der Waals surface area contributed by atoms with E-state index in [9.17, 15) is 13.6 Å². The lowest BCUT2D eigenvalue weighted by Crippen LogP contribution is -2.52. The Morgan fingerprint density at radius 1 is 1.19 bits per heavy atom. The smallest absolute Gasteiger partial charge is 0.254 e. The van der Waals surface area contributed by atoms with Crippen LogP contribution in [0.4, 0.5) is 8.78 Å². The highest BCUT2D eigenvalue weighted by Gasteiger charge is 2.24. The number of nitrogens with one attached hydrogen (secondary N) is 2. The SMILES string of the molecule is COc1ccc(-c2ccc(C(=O)NC3CCCNC3C)c(F)c2)c(F)c1. The van der Waals surface area contributed by atoms with Gasteiger partial charge < -0.3 is 15.4 Å². The van der Waals surface area contributed by atoms with Gasteiger partial charge in [-0.1, -0.05) is 6.07 Å². The molecule has 0 bridgehead atoms. The normalized spacial score (nSPS) is 19.8. The van der Waals surface area contributed by atoms with E-state index in [2.05, 4.69) is 10.6 Å². The molecule has 4 nitrogen and oxygen atoms in total. The van der Waals surface area contributed by atoms with Crippen molar-refractivity contribution in [1.29, 1.82) is 0 Å². The van der Waals surface area contributed by atoms with Crippen LogP contribution in [0, 0.1) is 11.6 Å². The summed E-state index contributed by atoms with van der Waals surface area (Å²) in [4.78, 5) is 12.4. The number of benzene rings is 2. The van der Waals surface area contributed by atoms with Crippen LogP contribution >= 0.6 is 0 Å². The fourth-order valence-corrected chi connectivity index (χ4v) is 3.21. The molecule has 0 radical (unpaired) electrons. The standard InChI is InChI=1S/C20H22F2N2O2/c1-12-19(4-3-9-23-12)24-20(25)16-7-5-13(10-17(16)21)15-8-6-14(26-2)11-18(15)22/h5-8,10-12,19,23H,3-4,9H2,1-2H3,(H,24,25). The zero-order chi connectivity index (χ0) is 18.7. The largest absolute Gasteiger partial charge is 0.497 e. The van der Waals surface area contributed by atoms with Crippen molar-refractivity contribution in [3.8, 4) is 16.9 Å². The number of amides is 1. The minimum absolute atomic E-state index is 0.0330. The number of hydrogen-bond donors (Lipinski definition) is 2. The van der Waals surface area contributed by atoms with Gasteiger partial charge in [-0.15, -0.1) is 0 Å². The Kier molecular flexibility index (Phi) is 5.52. The number of methoxy groups -OCH3 is 1. The second kappa shape index (κ2) is 7.83. The number of carbonyl (C=O) groups excluding carboxylic acids is 1. The van der Waals surface area contributed by atoms with Crippen molar-refractivity contribution in [1.82, 2.24) is 10.6 Å². The highest BCUT2D eigenvalue weighted by molar-refractivity contribution is 5.95. The lowest BCUT2D eigenvalue weighted by molar-refractivity contribution is 0.0916. The van der Waals surface area contributed by atoms with Gasteiger partial charge in [-0.05, 0) is 56.1 Å². The summed E-state index contributed by atoms with van der Waals surface area (Å²) >= 11 is 0. The maximum absolute atomic E-state index is 14.5. The van der Waals surface area contributed by atoms with Crippen molar-refractivity contribution < 1.29 is 18.3 Å². The minimum atomic E-state index is -0.674. The molecule has 2 unspecified atom stereocenters. The highest BCUT2D eigenvalue weighted by Crippen LogP contribution is 2.27. The molecule has 1 aliphatic rings. The van der Waals surface area contributed by atoms with E-state index in [0.717, 1.165) is 19.4 Å². The van der Waals surface area contributed by atoms with Gasteiger partial charge in [0.25, 0.3) is 5.91 Å². The lowest BCUT2D eigenvalue weighted by Gasteiger charge is -2.30. The van der Waals surface area contributed by atoms with E-state index < -0.39 is 17.5 Å². The van der Waals surface area contributed by atoms with Gasteiger partial charge in [0.2, 0.25) is 0 Å². The van der Waals surface area contributed by atoms with Gasteiger partial charge in [-0.2, -0.15) is 0 Å². The first kappa shape index (κ1) is 18.3. The lowest BCUT2D eigenvalue weighted by atomic mass is 9.98. The Bertz CT molecular complexity index is 810. The molecule has 1 heterocycles. The number of rotatable bonds is 4. The Balaban J connectivity index is 1.80. The molecule has 2 aromatic rings. The van der Waals surface area contributed by atoms with Gasteiger partial charge in [0.15, 0.2) is 0 Å². The highest BCUT2D eigenvalue weighted by atomic mass is 19.1. The van der Waals surface area contributed by atoms with Crippen LogP contribution in [-0.4, -0.2) is 31.6 Å². The van der Waals surface area contributed by atoms with Crippen LogP contribution in [0.15, 0.2) is 36.4 Å². The Hall–Kier alpha value is -2.47. The molecule has 0 saturated carbocycles. The summed E-state index contributed by atoms with van der Waals surface area (Å²) in [7, 11) is 1.45. The molecule has 3 rings (SSSR count). The molecule has 1 amide bonds. The fourth-order valence-electron chi connectivity index (χ4n) is 3.21. The molecule has 138 valence electrons. The monoisotopic (exact) mass is 360 g/mol. The van der Waals surface area contributed by atoms with Gasteiger partial charge >= 0.3 is 0 Å². The quantitative estimate of drug-likeness (QED) is 0.877. The van der Waals surface area contributed by atoms with Gasteiger partial charge in [0.05, 0.1) is 12.7 Å². The third-order valence-electron chi connectivity index (χ3n) is 4.78. The first-order valence-electron chi connectivity index (χ1n) is 8.67. The third-order valence-corrected chi connectivity index (χ3v) is 4.78. The summed E-state index contributed by atoms with van der Waals surface area (Å²) < 4.78 is 33.6. The van der Waals surface area contributed by atoms with E-state index in [1.165, 1.54) is 31.4 Å². The summed E-state index contributed by atoms with van der Waals surface area (Å²) in [6.45, 7) is 2.92. The number of piperidine rings is 1. The van der Waals surface area contributed by atoms with E-state index in [4.69, 9.17) is 4.74 Å². The van der Waals surface area contributed by atoms with Gasteiger partial charge in [0.1, 0.15) is 17.4 Å². The second-order valence-corrected chi connectivity index (χ2v) is 6.51. The number of hydrogen-bond acceptors (Lipinski definition) is 3. The molecule has 0 spiro atoms. The average molecular weight is 360 g/mol.